The molecule has 0 amide bonds. The molecule has 0 saturated carbocycles. The molecule has 0 aliphatic carbocycles. The van der Waals surface area contributed by atoms with Gasteiger partial charge in [0.05, 0.1) is 26.2 Å². The Labute approximate surface area is 117 Å². The summed E-state index contributed by atoms with van der Waals surface area (Å²) in [5, 5.41) is 4.54. The molecule has 0 spiro atoms. The summed E-state index contributed by atoms with van der Waals surface area (Å²) in [5.41, 5.74) is 8.55. The molecule has 5 heteroatoms. The molecule has 0 bridgehead atoms. The molecular formula is C13H10BrN3S. The Balaban J connectivity index is 2.06. The molecule has 2 aromatic heterocycles. The summed E-state index contributed by atoms with van der Waals surface area (Å²) in [5.74, 6) is 0. The van der Waals surface area contributed by atoms with Crippen LogP contribution in [0.2, 0.25) is 0 Å². The van der Waals surface area contributed by atoms with Crippen LogP contribution < -0.4 is 5.73 Å². The highest BCUT2D eigenvalue weighted by atomic mass is 79.9. The van der Waals surface area contributed by atoms with Gasteiger partial charge in [-0.05, 0) is 40.2 Å². The number of nitrogens with zero attached hydrogens (tertiary/aromatic N) is 2. The van der Waals surface area contributed by atoms with Crippen molar-refractivity contribution in [1.29, 1.82) is 0 Å². The quantitative estimate of drug-likeness (QED) is 0.777. The summed E-state index contributed by atoms with van der Waals surface area (Å²) in [6.07, 6.45) is 1.85. The van der Waals surface area contributed by atoms with E-state index in [0.29, 0.717) is 5.69 Å². The third-order valence-corrected chi connectivity index (χ3v) is 4.20. The molecule has 0 aliphatic rings. The van der Waals surface area contributed by atoms with Crippen molar-refractivity contribution in [3.63, 3.8) is 0 Å². The topological polar surface area (TPSA) is 43.8 Å². The van der Waals surface area contributed by atoms with Gasteiger partial charge in [-0.15, -0.1) is 11.3 Å². The van der Waals surface area contributed by atoms with Gasteiger partial charge in [-0.1, -0.05) is 18.2 Å². The standard InChI is InChI=1S/C13H10BrN3S/c14-12-7-6-11(18-12)13-10(15)8-17(16-13)9-4-2-1-3-5-9/h1-8H,15H2. The van der Waals surface area contributed by atoms with Gasteiger partial charge in [0.15, 0.2) is 0 Å². The molecule has 0 saturated heterocycles. The second kappa shape index (κ2) is 4.59. The van der Waals surface area contributed by atoms with Crippen molar-refractivity contribution >= 4 is 33.0 Å². The largest absolute Gasteiger partial charge is 0.396 e. The molecule has 18 heavy (non-hydrogen) atoms. The Morgan fingerprint density at radius 1 is 1.11 bits per heavy atom. The average molecular weight is 320 g/mol. The number of benzene rings is 1. The maximum atomic E-state index is 6.03. The Morgan fingerprint density at radius 3 is 2.56 bits per heavy atom. The van der Waals surface area contributed by atoms with Crippen LogP contribution in [-0.4, -0.2) is 9.78 Å². The van der Waals surface area contributed by atoms with E-state index in [4.69, 9.17) is 5.73 Å². The van der Waals surface area contributed by atoms with E-state index < -0.39 is 0 Å². The summed E-state index contributed by atoms with van der Waals surface area (Å²) < 4.78 is 2.88. The lowest BCUT2D eigenvalue weighted by atomic mass is 10.3. The van der Waals surface area contributed by atoms with Gasteiger partial charge in [0.2, 0.25) is 0 Å². The summed E-state index contributed by atoms with van der Waals surface area (Å²) in [6, 6.07) is 14.0. The number of anilines is 1. The molecule has 0 unspecified atom stereocenters. The number of aromatic nitrogens is 2. The van der Waals surface area contributed by atoms with Gasteiger partial charge in [0.1, 0.15) is 5.69 Å². The highest BCUT2D eigenvalue weighted by molar-refractivity contribution is 9.11. The predicted octanol–water partition coefficient (Wildman–Crippen LogP) is 3.95. The molecule has 0 radical (unpaired) electrons. The number of rotatable bonds is 2. The van der Waals surface area contributed by atoms with Crippen molar-refractivity contribution in [1.82, 2.24) is 9.78 Å². The zero-order valence-electron chi connectivity index (χ0n) is 9.38. The fourth-order valence-corrected chi connectivity index (χ4v) is 3.13. The zero-order valence-corrected chi connectivity index (χ0v) is 11.8. The molecule has 0 atom stereocenters. The Kier molecular flexibility index (Phi) is 2.93. The second-order valence-corrected chi connectivity index (χ2v) is 6.28. The summed E-state index contributed by atoms with van der Waals surface area (Å²) in [4.78, 5) is 1.06. The van der Waals surface area contributed by atoms with Crippen molar-refractivity contribution in [3.8, 4) is 16.3 Å². The molecule has 3 nitrogen and oxygen atoms in total. The minimum atomic E-state index is 0.688. The van der Waals surface area contributed by atoms with Crippen molar-refractivity contribution in [2.45, 2.75) is 0 Å². The van der Waals surface area contributed by atoms with Crippen LogP contribution in [-0.2, 0) is 0 Å². The molecule has 1 aromatic carbocycles. The maximum absolute atomic E-state index is 6.03. The molecular weight excluding hydrogens is 310 g/mol. The van der Waals surface area contributed by atoms with Gasteiger partial charge in [-0.2, -0.15) is 5.10 Å². The molecule has 2 heterocycles. The van der Waals surface area contributed by atoms with E-state index in [0.717, 1.165) is 20.0 Å². The summed E-state index contributed by atoms with van der Waals surface area (Å²) in [7, 11) is 0. The summed E-state index contributed by atoms with van der Waals surface area (Å²) >= 11 is 5.07. The van der Waals surface area contributed by atoms with Crippen LogP contribution in [0.5, 0.6) is 0 Å². The van der Waals surface area contributed by atoms with E-state index >= 15 is 0 Å². The molecule has 3 rings (SSSR count). The first-order valence-corrected chi connectivity index (χ1v) is 7.01. The number of nitrogen functional groups attached to an aromatic ring is 1. The van der Waals surface area contributed by atoms with Crippen LogP contribution in [0.15, 0.2) is 52.4 Å². The molecule has 3 aromatic rings. The zero-order chi connectivity index (χ0) is 12.5. The monoisotopic (exact) mass is 319 g/mol. The Hall–Kier alpha value is -1.59. The maximum Gasteiger partial charge on any atom is 0.126 e. The second-order valence-electron chi connectivity index (χ2n) is 3.82. The lowest BCUT2D eigenvalue weighted by Crippen LogP contribution is -1.93. The first-order valence-electron chi connectivity index (χ1n) is 5.40. The molecule has 0 fully saturated rings. The molecule has 90 valence electrons. The van der Waals surface area contributed by atoms with Gasteiger partial charge in [0, 0.05) is 0 Å². The van der Waals surface area contributed by atoms with Crippen molar-refractivity contribution in [2.75, 3.05) is 5.73 Å². The predicted molar refractivity (Wildman–Crippen MR) is 79.0 cm³/mol. The molecule has 0 aliphatic heterocycles. The van der Waals surface area contributed by atoms with E-state index in [1.165, 1.54) is 0 Å². The molecule has 2 N–H and O–H groups in total. The fourth-order valence-electron chi connectivity index (χ4n) is 1.73. The van der Waals surface area contributed by atoms with Crippen molar-refractivity contribution in [3.05, 3.63) is 52.4 Å². The fraction of sp³-hybridized carbons (Fsp3) is 0. The van der Waals surface area contributed by atoms with Crippen molar-refractivity contribution < 1.29 is 0 Å². The van der Waals surface area contributed by atoms with Crippen LogP contribution in [0.3, 0.4) is 0 Å². The van der Waals surface area contributed by atoms with Crippen LogP contribution in [0.25, 0.3) is 16.3 Å². The van der Waals surface area contributed by atoms with E-state index in [1.54, 1.807) is 16.0 Å². The van der Waals surface area contributed by atoms with Gasteiger partial charge in [0.25, 0.3) is 0 Å². The number of halogens is 1. The lowest BCUT2D eigenvalue weighted by molar-refractivity contribution is 0.885. The Bertz CT molecular complexity index is 673. The number of para-hydroxylation sites is 1. The van der Waals surface area contributed by atoms with Crippen LogP contribution in [0.4, 0.5) is 5.69 Å². The van der Waals surface area contributed by atoms with Gasteiger partial charge in [-0.3, -0.25) is 0 Å². The Morgan fingerprint density at radius 2 is 1.89 bits per heavy atom. The first-order chi connectivity index (χ1) is 8.74. The third-order valence-electron chi connectivity index (χ3n) is 2.57. The summed E-state index contributed by atoms with van der Waals surface area (Å²) in [6.45, 7) is 0. The number of hydrogen-bond donors (Lipinski definition) is 1. The number of hydrogen-bond acceptors (Lipinski definition) is 3. The van der Waals surface area contributed by atoms with Gasteiger partial charge in [-0.25, -0.2) is 4.68 Å². The van der Waals surface area contributed by atoms with E-state index in [2.05, 4.69) is 21.0 Å². The highest BCUT2D eigenvalue weighted by Crippen LogP contribution is 2.33. The van der Waals surface area contributed by atoms with E-state index in [1.807, 2.05) is 48.7 Å². The minimum Gasteiger partial charge on any atom is -0.396 e. The SMILES string of the molecule is Nc1cn(-c2ccccc2)nc1-c1ccc(Br)s1. The normalized spacial score (nSPS) is 10.7. The van der Waals surface area contributed by atoms with Gasteiger partial charge < -0.3 is 5.73 Å². The van der Waals surface area contributed by atoms with Crippen LogP contribution in [0, 0.1) is 0 Å². The van der Waals surface area contributed by atoms with Crippen LogP contribution >= 0.6 is 27.3 Å². The average Bonchev–Trinajstić information content (AvgIpc) is 2.97. The van der Waals surface area contributed by atoms with E-state index in [-0.39, 0.29) is 0 Å². The smallest absolute Gasteiger partial charge is 0.126 e. The third kappa shape index (κ3) is 2.07. The minimum absolute atomic E-state index is 0.688. The lowest BCUT2D eigenvalue weighted by Gasteiger charge is -1.98. The van der Waals surface area contributed by atoms with E-state index in [9.17, 15) is 0 Å². The number of thiophene rings is 1. The number of nitrogens with two attached hydrogens (primary N) is 1. The van der Waals surface area contributed by atoms with Gasteiger partial charge >= 0.3 is 0 Å². The highest BCUT2D eigenvalue weighted by Gasteiger charge is 2.11. The first kappa shape index (κ1) is 11.5. The van der Waals surface area contributed by atoms with Crippen LogP contribution in [0.1, 0.15) is 0 Å². The van der Waals surface area contributed by atoms with Crippen molar-refractivity contribution in [2.24, 2.45) is 0 Å².